The number of aryl methyl sites for hydroxylation is 1. The summed E-state index contributed by atoms with van der Waals surface area (Å²) in [5, 5.41) is 4.23. The number of nitrogens with one attached hydrogen (secondary N) is 1. The van der Waals surface area contributed by atoms with Crippen molar-refractivity contribution in [3.05, 3.63) is 59.7 Å². The van der Waals surface area contributed by atoms with Gasteiger partial charge in [0.1, 0.15) is 12.4 Å². The normalized spacial score (nSPS) is 14.7. The van der Waals surface area contributed by atoms with E-state index >= 15 is 0 Å². The Hall–Kier alpha value is -2.89. The minimum atomic E-state index is -0.254. The van der Waals surface area contributed by atoms with Crippen molar-refractivity contribution in [1.29, 1.82) is 0 Å². The number of anilines is 1. The second-order valence-corrected chi connectivity index (χ2v) is 5.47. The predicted octanol–water partition coefficient (Wildman–Crippen LogP) is 3.21. The van der Waals surface area contributed by atoms with Gasteiger partial charge in [0, 0.05) is 11.3 Å². The van der Waals surface area contributed by atoms with Crippen molar-refractivity contribution < 1.29 is 9.23 Å². The van der Waals surface area contributed by atoms with Crippen LogP contribution in [0.15, 0.2) is 47.9 Å². The Morgan fingerprint density at radius 2 is 2.04 bits per heavy atom. The van der Waals surface area contributed by atoms with E-state index in [0.29, 0.717) is 19.0 Å². The molecular weight excluding hydrogens is 295 g/mol. The smallest absolute Gasteiger partial charge is 0.180 e. The SMILES string of the molecule is Cc1cc(C2=NOCCN2c2ccc(F)cc2)cc2[nH]cnc12. The van der Waals surface area contributed by atoms with Crippen molar-refractivity contribution in [2.24, 2.45) is 5.16 Å². The Kier molecular flexibility index (Phi) is 3.22. The molecular formula is C17H15FN4O. The summed E-state index contributed by atoms with van der Waals surface area (Å²) < 4.78 is 13.2. The summed E-state index contributed by atoms with van der Waals surface area (Å²) in [5.74, 6) is 0.456. The second kappa shape index (κ2) is 5.39. The number of oxime groups is 1. The molecule has 1 aromatic heterocycles. The van der Waals surface area contributed by atoms with Crippen LogP contribution in [0.4, 0.5) is 10.1 Å². The van der Waals surface area contributed by atoms with Crippen LogP contribution >= 0.6 is 0 Å². The lowest BCUT2D eigenvalue weighted by Gasteiger charge is -2.28. The van der Waals surface area contributed by atoms with Gasteiger partial charge in [0.15, 0.2) is 5.84 Å². The van der Waals surface area contributed by atoms with Crippen molar-refractivity contribution in [3.8, 4) is 0 Å². The van der Waals surface area contributed by atoms with Crippen LogP contribution in [0.2, 0.25) is 0 Å². The number of fused-ring (bicyclic) bond motifs is 1. The second-order valence-electron chi connectivity index (χ2n) is 5.47. The van der Waals surface area contributed by atoms with Gasteiger partial charge in [0.05, 0.1) is 23.9 Å². The number of hydrogen-bond donors (Lipinski definition) is 1. The van der Waals surface area contributed by atoms with Gasteiger partial charge in [-0.25, -0.2) is 9.37 Å². The summed E-state index contributed by atoms with van der Waals surface area (Å²) in [6, 6.07) is 10.4. The van der Waals surface area contributed by atoms with E-state index in [4.69, 9.17) is 4.84 Å². The molecule has 2 heterocycles. The van der Waals surface area contributed by atoms with Crippen molar-refractivity contribution in [2.75, 3.05) is 18.1 Å². The number of aromatic amines is 1. The molecule has 3 aromatic rings. The van der Waals surface area contributed by atoms with Crippen molar-refractivity contribution >= 4 is 22.6 Å². The largest absolute Gasteiger partial charge is 0.392 e. The van der Waals surface area contributed by atoms with Crippen LogP contribution in [-0.4, -0.2) is 29.0 Å². The summed E-state index contributed by atoms with van der Waals surface area (Å²) in [7, 11) is 0. The summed E-state index contributed by atoms with van der Waals surface area (Å²) in [6.07, 6.45) is 1.68. The third kappa shape index (κ3) is 2.42. The first-order valence-corrected chi connectivity index (χ1v) is 7.39. The molecule has 116 valence electrons. The minimum absolute atomic E-state index is 0.254. The number of nitrogens with zero attached hydrogens (tertiary/aromatic N) is 3. The lowest BCUT2D eigenvalue weighted by atomic mass is 10.1. The fourth-order valence-electron chi connectivity index (χ4n) is 2.83. The highest BCUT2D eigenvalue weighted by Crippen LogP contribution is 2.24. The highest BCUT2D eigenvalue weighted by atomic mass is 19.1. The van der Waals surface area contributed by atoms with Crippen molar-refractivity contribution in [3.63, 3.8) is 0 Å². The molecule has 23 heavy (non-hydrogen) atoms. The highest BCUT2D eigenvalue weighted by Gasteiger charge is 2.21. The summed E-state index contributed by atoms with van der Waals surface area (Å²) in [4.78, 5) is 14.8. The lowest BCUT2D eigenvalue weighted by Crippen LogP contribution is -2.38. The van der Waals surface area contributed by atoms with E-state index in [1.165, 1.54) is 12.1 Å². The molecule has 0 radical (unpaired) electrons. The van der Waals surface area contributed by atoms with Crippen LogP contribution < -0.4 is 4.90 Å². The Morgan fingerprint density at radius 1 is 1.22 bits per heavy atom. The molecule has 1 aliphatic heterocycles. The van der Waals surface area contributed by atoms with Crippen LogP contribution in [0, 0.1) is 12.7 Å². The topological polar surface area (TPSA) is 53.5 Å². The van der Waals surface area contributed by atoms with E-state index in [1.54, 1.807) is 18.5 Å². The first-order chi connectivity index (χ1) is 11.2. The average Bonchev–Trinajstić information content (AvgIpc) is 3.05. The molecule has 0 amide bonds. The van der Waals surface area contributed by atoms with Crippen LogP contribution in [0.3, 0.4) is 0 Å². The maximum absolute atomic E-state index is 13.2. The molecule has 0 bridgehead atoms. The van der Waals surface area contributed by atoms with E-state index in [2.05, 4.69) is 15.1 Å². The van der Waals surface area contributed by atoms with E-state index in [9.17, 15) is 4.39 Å². The molecule has 2 aromatic carbocycles. The molecule has 0 spiro atoms. The Labute approximate surface area is 132 Å². The van der Waals surface area contributed by atoms with E-state index in [-0.39, 0.29) is 5.82 Å². The number of benzene rings is 2. The van der Waals surface area contributed by atoms with Gasteiger partial charge in [0.2, 0.25) is 0 Å². The number of imidazole rings is 1. The molecule has 0 atom stereocenters. The van der Waals surface area contributed by atoms with Gasteiger partial charge in [-0.15, -0.1) is 0 Å². The molecule has 1 N–H and O–H groups in total. The first-order valence-electron chi connectivity index (χ1n) is 7.39. The van der Waals surface area contributed by atoms with Crippen LogP contribution in [0.1, 0.15) is 11.1 Å². The Bertz CT molecular complexity index is 885. The molecule has 5 nitrogen and oxygen atoms in total. The number of hydrogen-bond acceptors (Lipinski definition) is 4. The zero-order chi connectivity index (χ0) is 15.8. The molecule has 0 fully saturated rings. The number of rotatable bonds is 2. The molecule has 0 saturated carbocycles. The summed E-state index contributed by atoms with van der Waals surface area (Å²) in [6.45, 7) is 3.16. The molecule has 0 aliphatic carbocycles. The lowest BCUT2D eigenvalue weighted by molar-refractivity contribution is 0.142. The standard InChI is InChI=1S/C17H15FN4O/c1-11-8-12(9-15-16(11)20-10-19-15)17-21-23-7-6-22(17)14-4-2-13(18)3-5-14/h2-5,8-10H,6-7H2,1H3,(H,19,20). The van der Waals surface area contributed by atoms with Gasteiger partial charge < -0.3 is 14.7 Å². The van der Waals surface area contributed by atoms with Gasteiger partial charge in [-0.2, -0.15) is 0 Å². The van der Waals surface area contributed by atoms with Gasteiger partial charge in [-0.3, -0.25) is 0 Å². The minimum Gasteiger partial charge on any atom is -0.392 e. The van der Waals surface area contributed by atoms with Gasteiger partial charge in [-0.1, -0.05) is 5.16 Å². The summed E-state index contributed by atoms with van der Waals surface area (Å²) >= 11 is 0. The quantitative estimate of drug-likeness (QED) is 0.791. The number of amidine groups is 1. The van der Waals surface area contributed by atoms with E-state index < -0.39 is 0 Å². The number of H-pyrrole nitrogens is 1. The third-order valence-corrected chi connectivity index (χ3v) is 3.92. The zero-order valence-corrected chi connectivity index (χ0v) is 12.6. The first kappa shape index (κ1) is 13.8. The zero-order valence-electron chi connectivity index (χ0n) is 12.6. The highest BCUT2D eigenvalue weighted by molar-refractivity contribution is 6.11. The monoisotopic (exact) mass is 310 g/mol. The van der Waals surface area contributed by atoms with E-state index in [1.807, 2.05) is 24.0 Å². The predicted molar refractivity (Wildman–Crippen MR) is 87.1 cm³/mol. The fraction of sp³-hybridized carbons (Fsp3) is 0.176. The van der Waals surface area contributed by atoms with Crippen molar-refractivity contribution in [2.45, 2.75) is 6.92 Å². The van der Waals surface area contributed by atoms with Crippen LogP contribution in [0.25, 0.3) is 11.0 Å². The molecule has 0 unspecified atom stereocenters. The van der Waals surface area contributed by atoms with Gasteiger partial charge >= 0.3 is 0 Å². The summed E-state index contributed by atoms with van der Waals surface area (Å²) in [5.41, 5.74) is 4.77. The fourth-order valence-corrected chi connectivity index (χ4v) is 2.83. The number of aromatic nitrogens is 2. The van der Waals surface area contributed by atoms with Gasteiger partial charge in [0.25, 0.3) is 0 Å². The molecule has 4 rings (SSSR count). The van der Waals surface area contributed by atoms with Crippen molar-refractivity contribution in [1.82, 2.24) is 9.97 Å². The molecule has 6 heteroatoms. The van der Waals surface area contributed by atoms with E-state index in [0.717, 1.165) is 27.8 Å². The van der Waals surface area contributed by atoms with Crippen LogP contribution in [0.5, 0.6) is 0 Å². The van der Waals surface area contributed by atoms with Gasteiger partial charge in [-0.05, 0) is 48.9 Å². The van der Waals surface area contributed by atoms with Crippen LogP contribution in [-0.2, 0) is 4.84 Å². The number of halogens is 1. The Balaban J connectivity index is 1.80. The maximum atomic E-state index is 13.2. The average molecular weight is 310 g/mol. The molecule has 1 aliphatic rings. The third-order valence-electron chi connectivity index (χ3n) is 3.92. The maximum Gasteiger partial charge on any atom is 0.180 e. The molecule has 0 saturated heterocycles. The Morgan fingerprint density at radius 3 is 2.87 bits per heavy atom.